The summed E-state index contributed by atoms with van der Waals surface area (Å²) in [6, 6.07) is 12.3. The molecule has 0 saturated carbocycles. The Morgan fingerprint density at radius 1 is 1.20 bits per heavy atom. The highest BCUT2D eigenvalue weighted by Gasteiger charge is 2.11. The summed E-state index contributed by atoms with van der Waals surface area (Å²) in [4.78, 5) is 4.05. The zero-order valence-corrected chi connectivity index (χ0v) is 12.0. The molecule has 3 nitrogen and oxygen atoms in total. The highest BCUT2D eigenvalue weighted by atomic mass is 16.5. The Hall–Kier alpha value is -1.87. The lowest BCUT2D eigenvalue weighted by molar-refractivity contribution is 0.317. The van der Waals surface area contributed by atoms with Crippen LogP contribution >= 0.6 is 0 Å². The second-order valence-electron chi connectivity index (χ2n) is 4.91. The van der Waals surface area contributed by atoms with Gasteiger partial charge in [-0.05, 0) is 54.8 Å². The average molecular weight is 270 g/mol. The summed E-state index contributed by atoms with van der Waals surface area (Å²) in [5.74, 6) is 1.24. The molecule has 0 radical (unpaired) electrons. The molecule has 1 aromatic heterocycles. The molecule has 0 aliphatic heterocycles. The SMILES string of the molecule is CCCOc1cccc(C(CN)Cc2ccncc2)c1. The van der Waals surface area contributed by atoms with Crippen molar-refractivity contribution in [3.8, 4) is 5.75 Å². The van der Waals surface area contributed by atoms with Gasteiger partial charge in [0, 0.05) is 18.3 Å². The van der Waals surface area contributed by atoms with Crippen LogP contribution in [0.3, 0.4) is 0 Å². The van der Waals surface area contributed by atoms with Gasteiger partial charge in [0.1, 0.15) is 5.75 Å². The molecule has 0 aliphatic rings. The van der Waals surface area contributed by atoms with Crippen LogP contribution in [0.1, 0.15) is 30.4 Å². The minimum Gasteiger partial charge on any atom is -0.494 e. The van der Waals surface area contributed by atoms with Gasteiger partial charge in [0.2, 0.25) is 0 Å². The molecule has 2 aromatic rings. The van der Waals surface area contributed by atoms with Gasteiger partial charge >= 0.3 is 0 Å². The van der Waals surface area contributed by atoms with Gasteiger partial charge in [-0.25, -0.2) is 0 Å². The zero-order chi connectivity index (χ0) is 14.2. The lowest BCUT2D eigenvalue weighted by Crippen LogP contribution is -2.15. The minimum absolute atomic E-state index is 0.308. The zero-order valence-electron chi connectivity index (χ0n) is 12.0. The number of nitrogens with two attached hydrogens (primary N) is 1. The maximum absolute atomic E-state index is 5.95. The highest BCUT2D eigenvalue weighted by molar-refractivity contribution is 5.32. The third kappa shape index (κ3) is 4.07. The molecule has 1 unspecified atom stereocenters. The lowest BCUT2D eigenvalue weighted by Gasteiger charge is -2.16. The smallest absolute Gasteiger partial charge is 0.119 e. The quantitative estimate of drug-likeness (QED) is 0.840. The summed E-state index contributed by atoms with van der Waals surface area (Å²) in [6.07, 6.45) is 5.59. The Morgan fingerprint density at radius 2 is 2.00 bits per heavy atom. The van der Waals surface area contributed by atoms with Crippen molar-refractivity contribution in [2.24, 2.45) is 5.73 Å². The summed E-state index contributed by atoms with van der Waals surface area (Å²) in [5.41, 5.74) is 8.44. The monoisotopic (exact) mass is 270 g/mol. The number of pyridine rings is 1. The number of nitrogens with zero attached hydrogens (tertiary/aromatic N) is 1. The normalized spacial score (nSPS) is 12.1. The van der Waals surface area contributed by atoms with Crippen molar-refractivity contribution >= 4 is 0 Å². The van der Waals surface area contributed by atoms with E-state index >= 15 is 0 Å². The first-order chi connectivity index (χ1) is 9.83. The Balaban J connectivity index is 2.10. The van der Waals surface area contributed by atoms with Crippen LogP contribution in [0.4, 0.5) is 0 Å². The topological polar surface area (TPSA) is 48.1 Å². The van der Waals surface area contributed by atoms with Crippen molar-refractivity contribution in [1.29, 1.82) is 0 Å². The number of aromatic nitrogens is 1. The summed E-state index contributed by atoms with van der Waals surface area (Å²) in [6.45, 7) is 3.48. The molecule has 0 fully saturated rings. The van der Waals surface area contributed by atoms with Crippen LogP contribution < -0.4 is 10.5 Å². The maximum atomic E-state index is 5.95. The first-order valence-corrected chi connectivity index (χ1v) is 7.15. The molecule has 1 heterocycles. The number of ether oxygens (including phenoxy) is 1. The molecular weight excluding hydrogens is 248 g/mol. The minimum atomic E-state index is 0.308. The van der Waals surface area contributed by atoms with Gasteiger partial charge in [-0.1, -0.05) is 19.1 Å². The van der Waals surface area contributed by atoms with Crippen LogP contribution in [-0.2, 0) is 6.42 Å². The van der Waals surface area contributed by atoms with Gasteiger partial charge in [0.25, 0.3) is 0 Å². The molecule has 3 heteroatoms. The van der Waals surface area contributed by atoms with Crippen LogP contribution in [0, 0.1) is 0 Å². The van der Waals surface area contributed by atoms with Gasteiger partial charge in [0.15, 0.2) is 0 Å². The van der Waals surface area contributed by atoms with E-state index in [0.29, 0.717) is 12.5 Å². The molecule has 0 aliphatic carbocycles. The van der Waals surface area contributed by atoms with E-state index in [1.54, 1.807) is 0 Å². The molecule has 0 saturated heterocycles. The fourth-order valence-corrected chi connectivity index (χ4v) is 2.22. The summed E-state index contributed by atoms with van der Waals surface area (Å²) < 4.78 is 5.69. The van der Waals surface area contributed by atoms with Crippen molar-refractivity contribution in [1.82, 2.24) is 4.98 Å². The molecular formula is C17H22N2O. The number of hydrogen-bond acceptors (Lipinski definition) is 3. The van der Waals surface area contributed by atoms with Crippen LogP contribution in [0.15, 0.2) is 48.8 Å². The van der Waals surface area contributed by atoms with Crippen LogP contribution in [0.2, 0.25) is 0 Å². The molecule has 1 atom stereocenters. The second-order valence-corrected chi connectivity index (χ2v) is 4.91. The molecule has 1 aromatic carbocycles. The third-order valence-corrected chi connectivity index (χ3v) is 3.32. The van der Waals surface area contributed by atoms with Crippen molar-refractivity contribution in [2.75, 3.05) is 13.2 Å². The molecule has 0 amide bonds. The van der Waals surface area contributed by atoms with Crippen LogP contribution in [-0.4, -0.2) is 18.1 Å². The van der Waals surface area contributed by atoms with Crippen molar-refractivity contribution < 1.29 is 4.74 Å². The number of hydrogen-bond donors (Lipinski definition) is 1. The van der Waals surface area contributed by atoms with Crippen LogP contribution in [0.25, 0.3) is 0 Å². The highest BCUT2D eigenvalue weighted by Crippen LogP contribution is 2.23. The maximum Gasteiger partial charge on any atom is 0.119 e. The Labute approximate surface area is 120 Å². The Morgan fingerprint density at radius 3 is 2.70 bits per heavy atom. The van der Waals surface area contributed by atoms with E-state index in [-0.39, 0.29) is 0 Å². The largest absolute Gasteiger partial charge is 0.494 e. The van der Waals surface area contributed by atoms with E-state index < -0.39 is 0 Å². The van der Waals surface area contributed by atoms with E-state index in [2.05, 4.69) is 24.0 Å². The van der Waals surface area contributed by atoms with E-state index in [0.717, 1.165) is 25.2 Å². The van der Waals surface area contributed by atoms with Gasteiger partial charge in [0.05, 0.1) is 6.61 Å². The second kappa shape index (κ2) is 7.65. The molecule has 2 rings (SSSR count). The van der Waals surface area contributed by atoms with E-state index in [1.165, 1.54) is 11.1 Å². The molecule has 2 N–H and O–H groups in total. The fraction of sp³-hybridized carbons (Fsp3) is 0.353. The molecule has 20 heavy (non-hydrogen) atoms. The Bertz CT molecular complexity index is 513. The number of rotatable bonds is 7. The van der Waals surface area contributed by atoms with Gasteiger partial charge < -0.3 is 10.5 Å². The van der Waals surface area contributed by atoms with Gasteiger partial charge in [-0.15, -0.1) is 0 Å². The Kier molecular flexibility index (Phi) is 5.56. The summed E-state index contributed by atoms with van der Waals surface area (Å²) in [5, 5.41) is 0. The van der Waals surface area contributed by atoms with Crippen molar-refractivity contribution in [3.63, 3.8) is 0 Å². The van der Waals surface area contributed by atoms with Crippen molar-refractivity contribution in [3.05, 3.63) is 59.9 Å². The average Bonchev–Trinajstić information content (AvgIpc) is 2.52. The third-order valence-electron chi connectivity index (χ3n) is 3.32. The molecule has 0 spiro atoms. The van der Waals surface area contributed by atoms with E-state index in [9.17, 15) is 0 Å². The predicted octanol–water partition coefficient (Wildman–Crippen LogP) is 3.16. The van der Waals surface area contributed by atoms with Gasteiger partial charge in [-0.3, -0.25) is 4.98 Å². The number of benzene rings is 1. The van der Waals surface area contributed by atoms with E-state index in [1.807, 2.05) is 36.7 Å². The van der Waals surface area contributed by atoms with E-state index in [4.69, 9.17) is 10.5 Å². The predicted molar refractivity (Wildman–Crippen MR) is 82.0 cm³/mol. The molecule has 106 valence electrons. The first-order valence-electron chi connectivity index (χ1n) is 7.15. The standard InChI is InChI=1S/C17H22N2O/c1-2-10-20-17-5-3-4-15(12-17)16(13-18)11-14-6-8-19-9-7-14/h3-9,12,16H,2,10-11,13,18H2,1H3. The summed E-state index contributed by atoms with van der Waals surface area (Å²) >= 11 is 0. The first kappa shape index (κ1) is 14.5. The van der Waals surface area contributed by atoms with Crippen molar-refractivity contribution in [2.45, 2.75) is 25.7 Å². The lowest BCUT2D eigenvalue weighted by atomic mass is 9.92. The molecule has 0 bridgehead atoms. The van der Waals surface area contributed by atoms with Gasteiger partial charge in [-0.2, -0.15) is 0 Å². The van der Waals surface area contributed by atoms with Crippen LogP contribution in [0.5, 0.6) is 5.75 Å². The summed E-state index contributed by atoms with van der Waals surface area (Å²) in [7, 11) is 0. The fourth-order valence-electron chi connectivity index (χ4n) is 2.22.